The van der Waals surface area contributed by atoms with Gasteiger partial charge in [-0.3, -0.25) is 0 Å². The lowest BCUT2D eigenvalue weighted by molar-refractivity contribution is 0.567. The summed E-state index contributed by atoms with van der Waals surface area (Å²) < 4.78 is 0. The molecular formula is C14H18N4O2. The van der Waals surface area contributed by atoms with E-state index >= 15 is 0 Å². The van der Waals surface area contributed by atoms with E-state index in [0.717, 1.165) is 0 Å². The predicted molar refractivity (Wildman–Crippen MR) is 82.8 cm³/mol. The van der Waals surface area contributed by atoms with Crippen LogP contribution in [-0.2, 0) is 0 Å². The molecule has 0 aliphatic carbocycles. The van der Waals surface area contributed by atoms with Crippen molar-refractivity contribution in [1.82, 2.24) is 9.80 Å². The monoisotopic (exact) mass is 274 g/mol. The molecule has 0 spiro atoms. The molecule has 0 atom stereocenters. The third-order valence-corrected chi connectivity index (χ3v) is 2.50. The molecule has 0 amide bonds. The molecule has 1 aromatic rings. The molecule has 1 rings (SSSR count). The van der Waals surface area contributed by atoms with E-state index in [9.17, 15) is 9.81 Å². The molecule has 0 unspecified atom stereocenters. The van der Waals surface area contributed by atoms with Crippen molar-refractivity contribution in [3.8, 4) is 0 Å². The Bertz CT molecular complexity index is 499. The maximum absolute atomic E-state index is 11.0. The molecule has 0 N–H and O–H groups in total. The summed E-state index contributed by atoms with van der Waals surface area (Å²) >= 11 is 0. The molecule has 0 bridgehead atoms. The van der Waals surface area contributed by atoms with Gasteiger partial charge in [0.25, 0.3) is 0 Å². The fourth-order valence-corrected chi connectivity index (χ4v) is 1.53. The number of hydrogen-bond donors (Lipinski definition) is 0. The van der Waals surface area contributed by atoms with E-state index in [0.29, 0.717) is 11.1 Å². The number of rotatable bonds is 6. The molecule has 106 valence electrons. The van der Waals surface area contributed by atoms with Gasteiger partial charge in [-0.1, -0.05) is 12.1 Å². The van der Waals surface area contributed by atoms with Crippen LogP contribution in [0.4, 0.5) is 11.4 Å². The largest absolute Gasteiger partial charge is 0.383 e. The second-order valence-corrected chi connectivity index (χ2v) is 4.68. The van der Waals surface area contributed by atoms with Gasteiger partial charge >= 0.3 is 0 Å². The Kier molecular flexibility index (Phi) is 5.58. The lowest BCUT2D eigenvalue weighted by Gasteiger charge is -2.08. The number of nitrogens with zero attached hydrogens (tertiary/aromatic N) is 4. The highest BCUT2D eigenvalue weighted by molar-refractivity contribution is 5.82. The van der Waals surface area contributed by atoms with E-state index in [-0.39, 0.29) is 11.4 Å². The number of benzene rings is 1. The van der Waals surface area contributed by atoms with E-state index < -0.39 is 0 Å². The van der Waals surface area contributed by atoms with Crippen LogP contribution in [0.3, 0.4) is 0 Å². The zero-order valence-electron chi connectivity index (χ0n) is 12.1. The molecule has 6 nitrogen and oxygen atoms in total. The summed E-state index contributed by atoms with van der Waals surface area (Å²) in [6, 6.07) is 3.47. The van der Waals surface area contributed by atoms with Crippen molar-refractivity contribution in [1.29, 1.82) is 0 Å². The zero-order chi connectivity index (χ0) is 15.1. The van der Waals surface area contributed by atoms with E-state index in [1.54, 1.807) is 36.7 Å². The maximum Gasteiger partial charge on any atom is 0.145 e. The molecule has 20 heavy (non-hydrogen) atoms. The van der Waals surface area contributed by atoms with Crippen LogP contribution in [-0.4, -0.2) is 38.0 Å². The second kappa shape index (κ2) is 7.18. The van der Waals surface area contributed by atoms with Crippen molar-refractivity contribution in [3.63, 3.8) is 0 Å². The lowest BCUT2D eigenvalue weighted by Crippen LogP contribution is -2.00. The summed E-state index contributed by atoms with van der Waals surface area (Å²) in [4.78, 5) is 25.7. The Morgan fingerprint density at radius 3 is 1.40 bits per heavy atom. The van der Waals surface area contributed by atoms with Crippen molar-refractivity contribution < 1.29 is 0 Å². The fourth-order valence-electron chi connectivity index (χ4n) is 1.53. The summed E-state index contributed by atoms with van der Waals surface area (Å²) in [7, 11) is 7.43. The standard InChI is InChI=1S/C14H18N4O2/c1-17(2)9-7-11-5-6-12(8-10-18(3)4)14(16-20)13(11)15-19/h5-10H,1-4H3/b9-7+,10-8+. The third kappa shape index (κ3) is 4.01. The minimum absolute atomic E-state index is 0.0546. The Balaban J connectivity index is 3.33. The van der Waals surface area contributed by atoms with Gasteiger partial charge in [0.15, 0.2) is 0 Å². The molecule has 0 heterocycles. The van der Waals surface area contributed by atoms with Gasteiger partial charge in [-0.25, -0.2) is 0 Å². The molecule has 0 fully saturated rings. The summed E-state index contributed by atoms with van der Waals surface area (Å²) in [5, 5.41) is 5.89. The molecular weight excluding hydrogens is 256 g/mol. The lowest BCUT2D eigenvalue weighted by atomic mass is 10.1. The first-order valence-corrected chi connectivity index (χ1v) is 6.02. The Labute approximate surface area is 118 Å². The molecule has 0 aliphatic rings. The molecule has 0 aromatic heterocycles. The topological polar surface area (TPSA) is 65.3 Å². The summed E-state index contributed by atoms with van der Waals surface area (Å²) in [6.07, 6.45) is 6.97. The van der Waals surface area contributed by atoms with Gasteiger partial charge in [0.1, 0.15) is 11.4 Å². The third-order valence-electron chi connectivity index (χ3n) is 2.50. The molecule has 0 saturated carbocycles. The predicted octanol–water partition coefficient (Wildman–Crippen LogP) is 3.55. The van der Waals surface area contributed by atoms with Crippen LogP contribution in [0.5, 0.6) is 0 Å². The number of nitroso groups, excluding NO2 is 2. The summed E-state index contributed by atoms with van der Waals surface area (Å²) in [5.74, 6) is 0. The van der Waals surface area contributed by atoms with Gasteiger partial charge in [-0.2, -0.15) is 0 Å². The molecule has 6 heteroatoms. The Morgan fingerprint density at radius 2 is 1.15 bits per heavy atom. The van der Waals surface area contributed by atoms with Crippen LogP contribution >= 0.6 is 0 Å². The molecule has 0 aliphatic heterocycles. The highest BCUT2D eigenvalue weighted by Crippen LogP contribution is 2.36. The summed E-state index contributed by atoms with van der Waals surface area (Å²) in [6.45, 7) is 0. The van der Waals surface area contributed by atoms with E-state index in [4.69, 9.17) is 0 Å². The quantitative estimate of drug-likeness (QED) is 0.744. The molecule has 0 radical (unpaired) electrons. The van der Waals surface area contributed by atoms with Crippen molar-refractivity contribution in [2.24, 2.45) is 10.4 Å². The van der Waals surface area contributed by atoms with Crippen LogP contribution < -0.4 is 0 Å². The highest BCUT2D eigenvalue weighted by Gasteiger charge is 2.12. The minimum Gasteiger partial charge on any atom is -0.383 e. The van der Waals surface area contributed by atoms with Gasteiger partial charge in [-0.15, -0.1) is 9.81 Å². The summed E-state index contributed by atoms with van der Waals surface area (Å²) in [5.41, 5.74) is 1.23. The Hall–Kier alpha value is -2.50. The molecule has 0 saturated heterocycles. The highest BCUT2D eigenvalue weighted by atomic mass is 16.3. The van der Waals surface area contributed by atoms with Crippen molar-refractivity contribution in [2.75, 3.05) is 28.2 Å². The average molecular weight is 274 g/mol. The van der Waals surface area contributed by atoms with E-state index in [1.807, 2.05) is 38.0 Å². The van der Waals surface area contributed by atoms with Crippen LogP contribution in [0.15, 0.2) is 34.9 Å². The first-order valence-electron chi connectivity index (χ1n) is 6.02. The smallest absolute Gasteiger partial charge is 0.145 e. The van der Waals surface area contributed by atoms with Gasteiger partial charge in [0.05, 0.1) is 0 Å². The van der Waals surface area contributed by atoms with Crippen LogP contribution in [0.25, 0.3) is 12.2 Å². The van der Waals surface area contributed by atoms with Crippen LogP contribution in [0.2, 0.25) is 0 Å². The SMILES string of the molecule is CN(C)/C=C/c1ccc(/C=C/N(C)C)c(N=O)c1N=O. The van der Waals surface area contributed by atoms with Crippen molar-refractivity contribution in [2.45, 2.75) is 0 Å². The van der Waals surface area contributed by atoms with Gasteiger partial charge in [0.2, 0.25) is 0 Å². The first kappa shape index (κ1) is 15.6. The van der Waals surface area contributed by atoms with Gasteiger partial charge in [0, 0.05) is 39.3 Å². The Morgan fingerprint density at radius 1 is 0.800 bits per heavy atom. The van der Waals surface area contributed by atoms with Crippen LogP contribution in [0.1, 0.15) is 11.1 Å². The first-order chi connectivity index (χ1) is 9.49. The molecule has 1 aromatic carbocycles. The normalized spacial score (nSPS) is 11.0. The maximum atomic E-state index is 11.0. The fraction of sp³-hybridized carbons (Fsp3) is 0.286. The van der Waals surface area contributed by atoms with Gasteiger partial charge in [-0.05, 0) is 34.9 Å². The number of hydrogen-bond acceptors (Lipinski definition) is 6. The second-order valence-electron chi connectivity index (χ2n) is 4.68. The van der Waals surface area contributed by atoms with Gasteiger partial charge < -0.3 is 9.80 Å². The average Bonchev–Trinajstić information content (AvgIpc) is 2.41. The van der Waals surface area contributed by atoms with Crippen molar-refractivity contribution >= 4 is 23.5 Å². The zero-order valence-corrected chi connectivity index (χ0v) is 12.1. The van der Waals surface area contributed by atoms with E-state index in [2.05, 4.69) is 10.4 Å². The van der Waals surface area contributed by atoms with Crippen LogP contribution in [0, 0.1) is 9.81 Å². The van der Waals surface area contributed by atoms with E-state index in [1.165, 1.54) is 0 Å². The van der Waals surface area contributed by atoms with Crippen molar-refractivity contribution in [3.05, 3.63) is 45.5 Å². The minimum atomic E-state index is 0.0546.